The standard InChI is InChI=1S/C33H30N6O4/c1-33(2)17-26-29(27(40)18-33)30(39-32(42)37(31(41)38(26)39)24-13-7-4-8-14-24)25-15-9-10-16-28(25)43-21-23-20-36(35-34-23)19-22-11-5-3-6-12-22/h3-16,20,30H,17-19,21H2,1-2H3. The maximum Gasteiger partial charge on any atom is 0.356 e. The highest BCUT2D eigenvalue weighted by atomic mass is 16.5. The van der Waals surface area contributed by atoms with E-state index in [9.17, 15) is 14.4 Å². The van der Waals surface area contributed by atoms with Gasteiger partial charge in [0.2, 0.25) is 0 Å². The number of benzene rings is 3. The number of hydrogen-bond donors (Lipinski definition) is 0. The second-order valence-electron chi connectivity index (χ2n) is 11.8. The first-order valence-corrected chi connectivity index (χ1v) is 14.2. The predicted octanol–water partition coefficient (Wildman–Crippen LogP) is 4.22. The minimum absolute atomic E-state index is 0.0730. The van der Waals surface area contributed by atoms with Crippen LogP contribution in [-0.4, -0.2) is 34.7 Å². The van der Waals surface area contributed by atoms with Gasteiger partial charge in [-0.1, -0.05) is 85.8 Å². The molecule has 43 heavy (non-hydrogen) atoms. The molecule has 0 saturated heterocycles. The Bertz CT molecular complexity index is 2000. The molecule has 216 valence electrons. The lowest BCUT2D eigenvalue weighted by Crippen LogP contribution is -2.33. The molecule has 0 bridgehead atoms. The number of ketones is 1. The Morgan fingerprint density at radius 3 is 2.33 bits per heavy atom. The van der Waals surface area contributed by atoms with Gasteiger partial charge < -0.3 is 4.74 Å². The molecule has 2 aromatic heterocycles. The Kier molecular flexibility index (Phi) is 6.34. The number of carbonyl (C=O) groups excluding carboxylic acids is 1. The lowest BCUT2D eigenvalue weighted by atomic mass is 9.74. The van der Waals surface area contributed by atoms with E-state index in [1.54, 1.807) is 35.0 Å². The number of carbonyl (C=O) groups is 1. The van der Waals surface area contributed by atoms with Gasteiger partial charge in [0.25, 0.3) is 0 Å². The summed E-state index contributed by atoms with van der Waals surface area (Å²) >= 11 is 0. The summed E-state index contributed by atoms with van der Waals surface area (Å²) in [7, 11) is 0. The van der Waals surface area contributed by atoms with Crippen LogP contribution in [-0.2, 0) is 17.9 Å². The van der Waals surface area contributed by atoms with Crippen LogP contribution in [0.2, 0.25) is 0 Å². The van der Waals surface area contributed by atoms with Gasteiger partial charge in [-0.3, -0.25) is 4.79 Å². The molecule has 5 aromatic rings. The average molecular weight is 575 g/mol. The molecular formula is C33H30N6O4. The van der Waals surface area contributed by atoms with E-state index in [1.807, 2.05) is 74.6 Å². The zero-order chi connectivity index (χ0) is 29.7. The van der Waals surface area contributed by atoms with Gasteiger partial charge in [-0.15, -0.1) is 5.10 Å². The van der Waals surface area contributed by atoms with Gasteiger partial charge in [0, 0.05) is 17.6 Å². The molecule has 10 nitrogen and oxygen atoms in total. The summed E-state index contributed by atoms with van der Waals surface area (Å²) in [6.45, 7) is 4.73. The molecule has 3 heterocycles. The second-order valence-corrected chi connectivity index (χ2v) is 11.8. The number of ether oxygens (including phenoxy) is 1. The Hall–Kier alpha value is -5.25. The molecule has 2 aliphatic rings. The van der Waals surface area contributed by atoms with Crippen LogP contribution in [0, 0.1) is 5.41 Å². The van der Waals surface area contributed by atoms with E-state index < -0.39 is 17.4 Å². The van der Waals surface area contributed by atoms with Gasteiger partial charge in [0.05, 0.1) is 24.1 Å². The van der Waals surface area contributed by atoms with Crippen LogP contribution in [0.5, 0.6) is 5.75 Å². The summed E-state index contributed by atoms with van der Waals surface area (Å²) in [6.07, 6.45) is 2.64. The van der Waals surface area contributed by atoms with Crippen molar-refractivity contribution in [3.63, 3.8) is 0 Å². The highest BCUT2D eigenvalue weighted by Gasteiger charge is 2.46. The maximum atomic E-state index is 14.0. The third-order valence-corrected chi connectivity index (χ3v) is 8.02. The van der Waals surface area contributed by atoms with Crippen molar-refractivity contribution < 1.29 is 9.53 Å². The second kappa shape index (κ2) is 10.2. The summed E-state index contributed by atoms with van der Waals surface area (Å²) in [6, 6.07) is 25.3. The topological polar surface area (TPSA) is 106 Å². The van der Waals surface area contributed by atoms with Crippen LogP contribution in [0.3, 0.4) is 0 Å². The van der Waals surface area contributed by atoms with Crippen molar-refractivity contribution in [1.82, 2.24) is 28.9 Å². The molecule has 0 N–H and O–H groups in total. The van der Waals surface area contributed by atoms with Crippen molar-refractivity contribution in [1.29, 1.82) is 0 Å². The summed E-state index contributed by atoms with van der Waals surface area (Å²) < 4.78 is 12.0. The minimum Gasteiger partial charge on any atom is -0.487 e. The van der Waals surface area contributed by atoms with E-state index in [-0.39, 0.29) is 17.8 Å². The van der Waals surface area contributed by atoms with Gasteiger partial charge in [-0.25, -0.2) is 28.2 Å². The van der Waals surface area contributed by atoms with E-state index >= 15 is 0 Å². The van der Waals surface area contributed by atoms with Crippen molar-refractivity contribution in [3.8, 4) is 11.4 Å². The highest BCUT2D eigenvalue weighted by Crippen LogP contribution is 2.48. The van der Waals surface area contributed by atoms with Crippen molar-refractivity contribution in [2.75, 3.05) is 0 Å². The van der Waals surface area contributed by atoms with Gasteiger partial charge in [-0.05, 0) is 35.6 Å². The molecule has 3 aromatic carbocycles. The fourth-order valence-corrected chi connectivity index (χ4v) is 6.18. The van der Waals surface area contributed by atoms with Crippen LogP contribution < -0.4 is 16.1 Å². The number of rotatable bonds is 7. The summed E-state index contributed by atoms with van der Waals surface area (Å²) in [5.41, 5.74) is 2.51. The molecule has 10 heteroatoms. The summed E-state index contributed by atoms with van der Waals surface area (Å²) in [5, 5.41) is 8.50. The van der Waals surface area contributed by atoms with Crippen LogP contribution in [0.25, 0.3) is 11.4 Å². The van der Waals surface area contributed by atoms with Crippen molar-refractivity contribution in [2.24, 2.45) is 5.41 Å². The zero-order valence-electron chi connectivity index (χ0n) is 23.9. The van der Waals surface area contributed by atoms with E-state index in [2.05, 4.69) is 10.3 Å². The van der Waals surface area contributed by atoms with Crippen LogP contribution >= 0.6 is 0 Å². The number of nitrogens with zero attached hydrogens (tertiary/aromatic N) is 6. The van der Waals surface area contributed by atoms with Gasteiger partial charge in [-0.2, -0.15) is 0 Å². The van der Waals surface area contributed by atoms with E-state index in [4.69, 9.17) is 4.74 Å². The van der Waals surface area contributed by atoms with Gasteiger partial charge >= 0.3 is 11.4 Å². The molecule has 1 aliphatic carbocycles. The summed E-state index contributed by atoms with van der Waals surface area (Å²) in [4.78, 5) is 41.6. The molecule has 0 fully saturated rings. The number of para-hydroxylation sites is 2. The van der Waals surface area contributed by atoms with Crippen molar-refractivity contribution in [2.45, 2.75) is 45.9 Å². The third kappa shape index (κ3) is 4.64. The Morgan fingerprint density at radius 2 is 1.56 bits per heavy atom. The molecule has 1 aliphatic heterocycles. The zero-order valence-corrected chi connectivity index (χ0v) is 23.9. The smallest absolute Gasteiger partial charge is 0.356 e. The Labute approximate surface area is 247 Å². The lowest BCUT2D eigenvalue weighted by Gasteiger charge is -2.30. The van der Waals surface area contributed by atoms with Gasteiger partial charge in [0.1, 0.15) is 24.1 Å². The van der Waals surface area contributed by atoms with Crippen LogP contribution in [0.1, 0.15) is 49.6 Å². The molecular weight excluding hydrogens is 544 g/mol. The molecule has 1 unspecified atom stereocenters. The fraction of sp³-hybridized carbons (Fsp3) is 0.242. The highest BCUT2D eigenvalue weighted by molar-refractivity contribution is 6.04. The maximum absolute atomic E-state index is 14.0. The SMILES string of the molecule is CC1(C)CC(=O)C2=C(C1)n1c(=O)n(-c3ccccc3)c(=O)n1C2c1ccccc1OCc1cn(Cc2ccccc2)nn1. The molecule has 1 atom stereocenters. The first kappa shape index (κ1) is 26.6. The molecule has 0 radical (unpaired) electrons. The Balaban J connectivity index is 1.28. The van der Waals surface area contributed by atoms with Crippen LogP contribution in [0.15, 0.2) is 106 Å². The van der Waals surface area contributed by atoms with E-state index in [1.165, 1.54) is 9.36 Å². The number of hydrogen-bond acceptors (Lipinski definition) is 6. The number of allylic oxidation sites excluding steroid dienone is 2. The van der Waals surface area contributed by atoms with Crippen molar-refractivity contribution >= 4 is 11.5 Å². The first-order valence-electron chi connectivity index (χ1n) is 14.2. The number of fused-ring (bicyclic) bond motifs is 2. The fourth-order valence-electron chi connectivity index (χ4n) is 6.18. The largest absolute Gasteiger partial charge is 0.487 e. The molecule has 0 spiro atoms. The normalized spacial score (nSPS) is 17.2. The lowest BCUT2D eigenvalue weighted by molar-refractivity contribution is -0.118. The monoisotopic (exact) mass is 574 g/mol. The van der Waals surface area contributed by atoms with Crippen molar-refractivity contribution in [3.05, 3.63) is 134 Å². The third-order valence-electron chi connectivity index (χ3n) is 8.02. The quantitative estimate of drug-likeness (QED) is 0.288. The summed E-state index contributed by atoms with van der Waals surface area (Å²) in [5.74, 6) is 0.422. The minimum atomic E-state index is -0.811. The van der Waals surface area contributed by atoms with E-state index in [0.29, 0.717) is 53.4 Å². The Morgan fingerprint density at radius 1 is 0.860 bits per heavy atom. The molecule has 0 amide bonds. The first-order chi connectivity index (χ1) is 20.8. The predicted molar refractivity (Wildman–Crippen MR) is 160 cm³/mol. The van der Waals surface area contributed by atoms with Gasteiger partial charge in [0.15, 0.2) is 5.78 Å². The van der Waals surface area contributed by atoms with Crippen LogP contribution in [0.4, 0.5) is 0 Å². The molecule has 7 rings (SSSR count). The molecule has 0 saturated carbocycles. The average Bonchev–Trinajstić information content (AvgIpc) is 3.65. The number of Topliss-reactive ketones (excluding diaryl/α,β-unsaturated/α-hetero) is 1. The van der Waals surface area contributed by atoms with E-state index in [0.717, 1.165) is 10.1 Å². The number of aromatic nitrogens is 6.